The number of rotatable bonds is 6. The maximum Gasteiger partial charge on any atom is 0.314 e. The highest BCUT2D eigenvalue weighted by Crippen LogP contribution is 2.39. The smallest absolute Gasteiger partial charge is 0.314 e. The van der Waals surface area contributed by atoms with Crippen molar-refractivity contribution >= 4 is 39.5 Å². The summed E-state index contributed by atoms with van der Waals surface area (Å²) in [7, 11) is 0. The topological polar surface area (TPSA) is 86.0 Å². The van der Waals surface area contributed by atoms with Crippen LogP contribution < -0.4 is 5.73 Å². The van der Waals surface area contributed by atoms with E-state index in [1.54, 1.807) is 4.90 Å². The van der Waals surface area contributed by atoms with Crippen molar-refractivity contribution in [3.63, 3.8) is 0 Å². The van der Waals surface area contributed by atoms with Crippen molar-refractivity contribution in [2.24, 2.45) is 11.7 Å². The van der Waals surface area contributed by atoms with Gasteiger partial charge in [0.25, 0.3) is 0 Å². The van der Waals surface area contributed by atoms with Gasteiger partial charge in [0.05, 0.1) is 11.7 Å². The van der Waals surface area contributed by atoms with Gasteiger partial charge in [-0.1, -0.05) is 48.0 Å². The van der Waals surface area contributed by atoms with E-state index in [9.17, 15) is 9.59 Å². The SMILES string of the molecule is NC(=O)N1CCC(CC(=O)N2CCN(C3CCN(C4c5ccc(Cl)cc5CCc5cc(Br)cnc54)CC3)C[C@@H]2Cc2ccccc2)CC1. The van der Waals surface area contributed by atoms with Crippen LogP contribution in [0.25, 0.3) is 0 Å². The van der Waals surface area contributed by atoms with Gasteiger partial charge in [-0.15, -0.1) is 0 Å². The van der Waals surface area contributed by atoms with Crippen molar-refractivity contribution in [1.82, 2.24) is 24.6 Å². The van der Waals surface area contributed by atoms with Crippen LogP contribution in [0.3, 0.4) is 0 Å². The van der Waals surface area contributed by atoms with Crippen LogP contribution in [0.1, 0.15) is 66.1 Å². The molecule has 7 rings (SSSR count). The van der Waals surface area contributed by atoms with Crippen molar-refractivity contribution in [2.45, 2.75) is 69.5 Å². The van der Waals surface area contributed by atoms with E-state index in [0.29, 0.717) is 31.5 Å². The zero-order chi connectivity index (χ0) is 33.2. The van der Waals surface area contributed by atoms with Crippen LogP contribution in [-0.4, -0.2) is 94.4 Å². The molecule has 2 atom stereocenters. The van der Waals surface area contributed by atoms with Crippen molar-refractivity contribution in [1.29, 1.82) is 0 Å². The number of piperidine rings is 2. The number of fused-ring (bicyclic) bond motifs is 2. The molecule has 3 aromatic rings. The molecule has 0 saturated carbocycles. The van der Waals surface area contributed by atoms with Crippen molar-refractivity contribution in [3.05, 3.63) is 98.2 Å². The molecule has 1 unspecified atom stereocenters. The number of carbonyl (C=O) groups excluding carboxylic acids is 2. The number of carbonyl (C=O) groups is 2. The summed E-state index contributed by atoms with van der Waals surface area (Å²) in [5.41, 5.74) is 11.9. The minimum atomic E-state index is -0.358. The lowest BCUT2D eigenvalue weighted by Crippen LogP contribution is -2.59. The number of nitrogens with zero attached hydrogens (tertiary/aromatic N) is 5. The number of piperazine rings is 1. The van der Waals surface area contributed by atoms with Crippen LogP contribution in [-0.2, 0) is 24.1 Å². The number of amides is 3. The van der Waals surface area contributed by atoms with Gasteiger partial charge in [-0.05, 0) is 107 Å². The maximum atomic E-state index is 13.8. The third kappa shape index (κ3) is 7.44. The lowest BCUT2D eigenvalue weighted by molar-refractivity contribution is -0.138. The zero-order valence-corrected chi connectivity index (χ0v) is 29.9. The van der Waals surface area contributed by atoms with Crippen LogP contribution >= 0.6 is 27.5 Å². The predicted octanol–water partition coefficient (Wildman–Crippen LogP) is 6.09. The number of benzene rings is 2. The first-order valence-electron chi connectivity index (χ1n) is 17.6. The molecule has 3 amide bonds. The number of hydrogen-bond acceptors (Lipinski definition) is 5. The Labute approximate surface area is 297 Å². The Morgan fingerprint density at radius 2 is 1.62 bits per heavy atom. The molecule has 3 aliphatic heterocycles. The van der Waals surface area contributed by atoms with Crippen molar-refractivity contribution < 1.29 is 9.59 Å². The molecule has 1 aliphatic carbocycles. The number of aryl methyl sites for hydroxylation is 2. The van der Waals surface area contributed by atoms with Crippen molar-refractivity contribution in [2.75, 3.05) is 45.8 Å². The van der Waals surface area contributed by atoms with Crippen LogP contribution in [0, 0.1) is 5.92 Å². The molecule has 48 heavy (non-hydrogen) atoms. The van der Waals surface area contributed by atoms with E-state index in [1.165, 1.54) is 27.9 Å². The third-order valence-electron chi connectivity index (χ3n) is 11.2. The van der Waals surface area contributed by atoms with Crippen molar-refractivity contribution in [3.8, 4) is 0 Å². The number of likely N-dealkylation sites (tertiary alicyclic amines) is 2. The first-order valence-corrected chi connectivity index (χ1v) is 18.8. The molecule has 254 valence electrons. The molecule has 10 heteroatoms. The first-order chi connectivity index (χ1) is 23.3. The number of aromatic nitrogens is 1. The van der Waals surface area contributed by atoms with Gasteiger partial charge in [-0.2, -0.15) is 0 Å². The quantitative estimate of drug-likeness (QED) is 0.332. The standard InChI is InChI=1S/C38H46BrClN6O2/c39-30-22-29-7-6-28-23-31(40)8-9-34(28)37(36(29)42-24-30)43-16-12-32(13-17-43)45-18-19-46(33(25-45)20-26-4-2-1-3-5-26)35(47)21-27-10-14-44(15-11-27)38(41)48/h1-5,8-9,22-24,27,32-33,37H,6-7,10-21,25H2,(H2,41,48)/t33-,37?/m0/s1. The van der Waals surface area contributed by atoms with Gasteiger partial charge in [-0.25, -0.2) is 4.79 Å². The Balaban J connectivity index is 1.04. The number of urea groups is 1. The van der Waals surface area contributed by atoms with Crippen LogP contribution in [0.15, 0.2) is 65.3 Å². The third-order valence-corrected chi connectivity index (χ3v) is 11.9. The Kier molecular flexibility index (Phi) is 10.4. The predicted molar refractivity (Wildman–Crippen MR) is 193 cm³/mol. The molecule has 8 nitrogen and oxygen atoms in total. The highest BCUT2D eigenvalue weighted by atomic mass is 79.9. The normalized spacial score (nSPS) is 23.0. The molecular weight excluding hydrogens is 688 g/mol. The largest absolute Gasteiger partial charge is 0.351 e. The summed E-state index contributed by atoms with van der Waals surface area (Å²) in [5, 5.41) is 0.794. The molecule has 0 spiro atoms. The minimum Gasteiger partial charge on any atom is -0.351 e. The van der Waals surface area contributed by atoms with E-state index in [4.69, 9.17) is 22.3 Å². The maximum absolute atomic E-state index is 13.8. The number of halogens is 2. The second-order valence-corrected chi connectivity index (χ2v) is 15.5. The summed E-state index contributed by atoms with van der Waals surface area (Å²) in [5.74, 6) is 0.562. The molecular formula is C38H46BrClN6O2. The number of hydrogen-bond donors (Lipinski definition) is 1. The van der Waals surface area contributed by atoms with Gasteiger partial charge in [0.2, 0.25) is 5.91 Å². The lowest BCUT2D eigenvalue weighted by Gasteiger charge is -2.48. The Morgan fingerprint density at radius 3 is 2.38 bits per heavy atom. The summed E-state index contributed by atoms with van der Waals surface area (Å²) in [4.78, 5) is 39.6. The zero-order valence-electron chi connectivity index (χ0n) is 27.6. The van der Waals surface area contributed by atoms with Gasteiger partial charge >= 0.3 is 6.03 Å². The summed E-state index contributed by atoms with van der Waals surface area (Å²) in [6, 6.07) is 19.6. The number of nitrogens with two attached hydrogens (primary N) is 1. The summed E-state index contributed by atoms with van der Waals surface area (Å²) in [6.07, 6.45) is 9.14. The molecule has 0 bridgehead atoms. The van der Waals surface area contributed by atoms with Gasteiger partial charge in [0, 0.05) is 80.0 Å². The second kappa shape index (κ2) is 14.9. The van der Waals surface area contributed by atoms with Gasteiger partial charge in [0.15, 0.2) is 0 Å². The average Bonchev–Trinajstić information content (AvgIpc) is 3.25. The number of pyridine rings is 1. The first kappa shape index (κ1) is 33.5. The summed E-state index contributed by atoms with van der Waals surface area (Å²) < 4.78 is 1.03. The molecule has 1 aromatic heterocycles. The highest BCUT2D eigenvalue weighted by molar-refractivity contribution is 9.10. The molecule has 3 fully saturated rings. The summed E-state index contributed by atoms with van der Waals surface area (Å²) in [6.45, 7) is 5.86. The van der Waals surface area contributed by atoms with Crippen LogP contribution in [0.4, 0.5) is 4.79 Å². The second-order valence-electron chi connectivity index (χ2n) is 14.1. The molecule has 4 heterocycles. The monoisotopic (exact) mass is 732 g/mol. The molecule has 2 N–H and O–H groups in total. The summed E-state index contributed by atoms with van der Waals surface area (Å²) >= 11 is 10.1. The molecule has 0 radical (unpaired) electrons. The van der Waals surface area contributed by atoms with E-state index in [-0.39, 0.29) is 24.0 Å². The average molecular weight is 734 g/mol. The number of primary amides is 1. The van der Waals surface area contributed by atoms with Gasteiger partial charge in [0.1, 0.15) is 0 Å². The fourth-order valence-electron chi connectivity index (χ4n) is 8.61. The Hall–Kier alpha value is -2.98. The Bertz CT molecular complexity index is 1550. The van der Waals surface area contributed by atoms with E-state index in [0.717, 1.165) is 87.2 Å². The van der Waals surface area contributed by atoms with Gasteiger partial charge in [-0.3, -0.25) is 19.6 Å². The van der Waals surface area contributed by atoms with E-state index in [1.807, 2.05) is 12.3 Å². The highest BCUT2D eigenvalue weighted by Gasteiger charge is 2.38. The fourth-order valence-corrected chi connectivity index (χ4v) is 9.19. The van der Waals surface area contributed by atoms with Gasteiger partial charge < -0.3 is 15.5 Å². The Morgan fingerprint density at radius 1 is 0.875 bits per heavy atom. The van der Waals surface area contributed by atoms with E-state index >= 15 is 0 Å². The van der Waals surface area contributed by atoms with Crippen LogP contribution in [0.5, 0.6) is 0 Å². The van der Waals surface area contributed by atoms with E-state index in [2.05, 4.69) is 79.2 Å². The molecule has 2 aromatic carbocycles. The molecule has 3 saturated heterocycles. The lowest BCUT2D eigenvalue weighted by atomic mass is 9.91. The minimum absolute atomic E-state index is 0.124. The fraction of sp³-hybridized carbons (Fsp3) is 0.500. The van der Waals surface area contributed by atoms with E-state index < -0.39 is 0 Å². The van der Waals surface area contributed by atoms with Crippen LogP contribution in [0.2, 0.25) is 5.02 Å². The molecule has 4 aliphatic rings.